The normalized spacial score (nSPS) is 17.0. The van der Waals surface area contributed by atoms with Gasteiger partial charge in [-0.25, -0.2) is 4.79 Å². The van der Waals surface area contributed by atoms with Crippen molar-refractivity contribution >= 4 is 11.0 Å². The third-order valence-electron chi connectivity index (χ3n) is 7.44. The first-order chi connectivity index (χ1) is 17.7. The summed E-state index contributed by atoms with van der Waals surface area (Å²) in [6.07, 6.45) is 2.19. The molecular weight excluding hydrogens is 452 g/mol. The van der Waals surface area contributed by atoms with Gasteiger partial charge < -0.3 is 13.9 Å². The molecule has 0 bridgehead atoms. The second kappa shape index (κ2) is 9.80. The molecule has 0 spiro atoms. The topological polar surface area (TPSA) is 55.2 Å². The molecule has 0 N–H and O–H groups in total. The highest BCUT2D eigenvalue weighted by Gasteiger charge is 2.30. The van der Waals surface area contributed by atoms with Crippen LogP contribution in [0.15, 0.2) is 82.0 Å². The Morgan fingerprint density at radius 3 is 2.50 bits per heavy atom. The number of likely N-dealkylation sites (tertiary alicyclic amines) is 1. The van der Waals surface area contributed by atoms with Gasteiger partial charge in [-0.05, 0) is 66.9 Å². The number of fused-ring (bicyclic) bond motifs is 3. The summed E-state index contributed by atoms with van der Waals surface area (Å²) in [5.74, 6) is 1.58. The number of benzene rings is 3. The zero-order valence-corrected chi connectivity index (χ0v) is 20.5. The van der Waals surface area contributed by atoms with Crippen molar-refractivity contribution in [2.24, 2.45) is 0 Å². The fourth-order valence-corrected chi connectivity index (χ4v) is 5.48. The van der Waals surface area contributed by atoms with Crippen LogP contribution < -0.4 is 15.1 Å². The zero-order chi connectivity index (χ0) is 24.5. The summed E-state index contributed by atoms with van der Waals surface area (Å²) >= 11 is 0. The maximum Gasteiger partial charge on any atom is 0.336 e. The lowest BCUT2D eigenvalue weighted by Crippen LogP contribution is -2.47. The highest BCUT2D eigenvalue weighted by Crippen LogP contribution is 2.37. The molecular formula is C30H30N2O4. The number of methoxy groups -OCH3 is 1. The Hall–Kier alpha value is -3.61. The predicted octanol–water partition coefficient (Wildman–Crippen LogP) is 5.29. The van der Waals surface area contributed by atoms with Crippen LogP contribution in [0.1, 0.15) is 24.0 Å². The van der Waals surface area contributed by atoms with Gasteiger partial charge in [0.25, 0.3) is 0 Å². The lowest BCUT2D eigenvalue weighted by atomic mass is 9.97. The van der Waals surface area contributed by atoms with Crippen molar-refractivity contribution in [1.29, 1.82) is 0 Å². The number of hydrogen-bond acceptors (Lipinski definition) is 6. The molecule has 0 radical (unpaired) electrons. The van der Waals surface area contributed by atoms with Crippen molar-refractivity contribution in [2.45, 2.75) is 32.0 Å². The van der Waals surface area contributed by atoms with Crippen molar-refractivity contribution in [3.05, 3.63) is 94.3 Å². The number of nitrogens with zero attached hydrogens (tertiary/aromatic N) is 2. The Balaban J connectivity index is 1.23. The Labute approximate surface area is 210 Å². The Morgan fingerprint density at radius 2 is 1.75 bits per heavy atom. The summed E-state index contributed by atoms with van der Waals surface area (Å²) in [6, 6.07) is 24.4. The van der Waals surface area contributed by atoms with Crippen molar-refractivity contribution in [2.75, 3.05) is 26.9 Å². The van der Waals surface area contributed by atoms with E-state index >= 15 is 0 Å². The van der Waals surface area contributed by atoms with Gasteiger partial charge in [0.2, 0.25) is 0 Å². The van der Waals surface area contributed by atoms with Gasteiger partial charge in [0.15, 0.2) is 0 Å². The molecule has 1 fully saturated rings. The van der Waals surface area contributed by atoms with E-state index in [1.807, 2.05) is 36.4 Å². The zero-order valence-electron chi connectivity index (χ0n) is 20.5. The Kier molecular flexibility index (Phi) is 6.21. The molecule has 3 heterocycles. The second-order valence-electron chi connectivity index (χ2n) is 9.64. The van der Waals surface area contributed by atoms with E-state index in [0.29, 0.717) is 24.9 Å². The summed E-state index contributed by atoms with van der Waals surface area (Å²) in [5, 5.41) is 0.918. The third kappa shape index (κ3) is 4.50. The maximum absolute atomic E-state index is 12.6. The maximum atomic E-state index is 12.6. The van der Waals surface area contributed by atoms with Gasteiger partial charge in [0, 0.05) is 30.6 Å². The molecule has 0 amide bonds. The van der Waals surface area contributed by atoms with Crippen molar-refractivity contribution in [1.82, 2.24) is 9.80 Å². The first-order valence-electron chi connectivity index (χ1n) is 12.6. The SMILES string of the molecule is COc1ccc(-c2cc(=O)oc3c4c(ccc23)OCN(C2CCN(Cc3ccccc3)CC2)C4)cc1. The fourth-order valence-electron chi connectivity index (χ4n) is 5.48. The molecule has 0 atom stereocenters. The van der Waals surface area contributed by atoms with Crippen LogP contribution in [-0.4, -0.2) is 42.8 Å². The van der Waals surface area contributed by atoms with E-state index in [9.17, 15) is 4.79 Å². The quantitative estimate of drug-likeness (QED) is 0.361. The van der Waals surface area contributed by atoms with Crippen LogP contribution in [0.2, 0.25) is 0 Å². The molecule has 6 rings (SSSR count). The molecule has 36 heavy (non-hydrogen) atoms. The smallest absolute Gasteiger partial charge is 0.336 e. The van der Waals surface area contributed by atoms with E-state index in [1.165, 1.54) is 5.56 Å². The van der Waals surface area contributed by atoms with E-state index in [-0.39, 0.29) is 5.63 Å². The summed E-state index contributed by atoms with van der Waals surface area (Å²) < 4.78 is 17.3. The Morgan fingerprint density at radius 1 is 0.972 bits per heavy atom. The molecule has 1 aromatic heterocycles. The highest BCUT2D eigenvalue weighted by atomic mass is 16.5. The molecule has 184 valence electrons. The molecule has 4 aromatic rings. The molecule has 0 unspecified atom stereocenters. The average Bonchev–Trinajstić information content (AvgIpc) is 2.93. The van der Waals surface area contributed by atoms with Crippen molar-refractivity contribution in [3.63, 3.8) is 0 Å². The first kappa shape index (κ1) is 22.8. The van der Waals surface area contributed by atoms with Gasteiger partial charge >= 0.3 is 5.63 Å². The monoisotopic (exact) mass is 482 g/mol. The van der Waals surface area contributed by atoms with Crippen molar-refractivity contribution < 1.29 is 13.9 Å². The standard InChI is InChI=1S/C30H30N2O4/c1-34-24-9-7-22(8-10-24)26-17-29(33)36-30-25(26)11-12-28-27(30)19-32(20-35-28)23-13-15-31(16-14-23)18-21-5-3-2-4-6-21/h2-12,17,23H,13-16,18-20H2,1H3. The number of piperidine rings is 1. The molecule has 2 aliphatic rings. The van der Waals surface area contributed by atoms with Crippen LogP contribution in [0.4, 0.5) is 0 Å². The third-order valence-corrected chi connectivity index (χ3v) is 7.44. The molecule has 0 saturated carbocycles. The minimum Gasteiger partial charge on any atom is -0.497 e. The largest absolute Gasteiger partial charge is 0.497 e. The average molecular weight is 483 g/mol. The van der Waals surface area contributed by atoms with Gasteiger partial charge in [0.1, 0.15) is 23.8 Å². The van der Waals surface area contributed by atoms with E-state index in [4.69, 9.17) is 13.9 Å². The minimum absolute atomic E-state index is 0.354. The molecule has 6 heteroatoms. The predicted molar refractivity (Wildman–Crippen MR) is 140 cm³/mol. The lowest BCUT2D eigenvalue weighted by molar-refractivity contribution is 0.0244. The van der Waals surface area contributed by atoms with Crippen LogP contribution in [0.5, 0.6) is 11.5 Å². The second-order valence-corrected chi connectivity index (χ2v) is 9.64. The Bertz CT molecular complexity index is 1410. The van der Waals surface area contributed by atoms with Gasteiger partial charge in [-0.3, -0.25) is 9.80 Å². The summed E-state index contributed by atoms with van der Waals surface area (Å²) in [4.78, 5) is 17.5. The van der Waals surface area contributed by atoms with Crippen LogP contribution in [0.3, 0.4) is 0 Å². The number of ether oxygens (including phenoxy) is 2. The fraction of sp³-hybridized carbons (Fsp3) is 0.300. The number of hydrogen-bond donors (Lipinski definition) is 0. The number of rotatable bonds is 5. The van der Waals surface area contributed by atoms with E-state index in [2.05, 4.69) is 40.1 Å². The lowest BCUT2D eigenvalue weighted by Gasteiger charge is -2.40. The van der Waals surface area contributed by atoms with Crippen molar-refractivity contribution in [3.8, 4) is 22.6 Å². The summed E-state index contributed by atoms with van der Waals surface area (Å²) in [7, 11) is 1.65. The van der Waals surface area contributed by atoms with Crippen LogP contribution >= 0.6 is 0 Å². The minimum atomic E-state index is -0.354. The van der Waals surface area contributed by atoms with E-state index in [0.717, 1.165) is 66.1 Å². The van der Waals surface area contributed by atoms with Gasteiger partial charge in [0.05, 0.1) is 12.7 Å². The summed E-state index contributed by atoms with van der Waals surface area (Å²) in [6.45, 7) is 4.40. The van der Waals surface area contributed by atoms with Crippen LogP contribution in [0.25, 0.3) is 22.1 Å². The van der Waals surface area contributed by atoms with E-state index in [1.54, 1.807) is 13.2 Å². The molecule has 2 aliphatic heterocycles. The molecule has 1 saturated heterocycles. The molecule has 6 nitrogen and oxygen atoms in total. The molecule has 3 aromatic carbocycles. The van der Waals surface area contributed by atoms with Gasteiger partial charge in [-0.2, -0.15) is 0 Å². The van der Waals surface area contributed by atoms with Crippen LogP contribution in [-0.2, 0) is 13.1 Å². The highest BCUT2D eigenvalue weighted by molar-refractivity contribution is 5.95. The van der Waals surface area contributed by atoms with Gasteiger partial charge in [-0.1, -0.05) is 42.5 Å². The first-order valence-corrected chi connectivity index (χ1v) is 12.6. The van der Waals surface area contributed by atoms with Crippen LogP contribution in [0, 0.1) is 0 Å². The van der Waals surface area contributed by atoms with Gasteiger partial charge in [-0.15, -0.1) is 0 Å². The summed E-state index contributed by atoms with van der Waals surface area (Å²) in [5.41, 5.74) is 4.40. The van der Waals surface area contributed by atoms with E-state index < -0.39 is 0 Å². The molecule has 0 aliphatic carbocycles.